The summed E-state index contributed by atoms with van der Waals surface area (Å²) in [5.41, 5.74) is 0. The van der Waals surface area contributed by atoms with Crippen LogP contribution in [0.4, 0.5) is 0 Å². The van der Waals surface area contributed by atoms with Crippen LogP contribution < -0.4 is 5.32 Å². The second kappa shape index (κ2) is 65.3. The van der Waals surface area contributed by atoms with Crippen LogP contribution in [0.3, 0.4) is 0 Å². The minimum absolute atomic E-state index is 0.00234. The van der Waals surface area contributed by atoms with E-state index in [1.54, 1.807) is 0 Å². The Bertz CT molecular complexity index is 1270. The molecule has 0 aromatic carbocycles. The number of nitrogens with one attached hydrogen (secondary N) is 1. The molecule has 76 heavy (non-hydrogen) atoms. The van der Waals surface area contributed by atoms with Crippen LogP contribution in [0.25, 0.3) is 0 Å². The van der Waals surface area contributed by atoms with Crippen molar-refractivity contribution in [3.63, 3.8) is 0 Å². The van der Waals surface area contributed by atoms with Gasteiger partial charge in [0.1, 0.15) is 0 Å². The Hall–Kier alpha value is -2.18. The van der Waals surface area contributed by atoms with E-state index in [-0.39, 0.29) is 18.5 Å². The number of esters is 1. The van der Waals surface area contributed by atoms with Crippen LogP contribution in [0.15, 0.2) is 48.6 Å². The van der Waals surface area contributed by atoms with Gasteiger partial charge < -0.3 is 20.3 Å². The van der Waals surface area contributed by atoms with Gasteiger partial charge in [0.2, 0.25) is 5.91 Å². The highest BCUT2D eigenvalue weighted by Gasteiger charge is 2.20. The molecule has 0 fully saturated rings. The van der Waals surface area contributed by atoms with Gasteiger partial charge in [0, 0.05) is 12.8 Å². The summed E-state index contributed by atoms with van der Waals surface area (Å²) in [5.74, 6) is -0.0349. The first-order valence-electron chi connectivity index (χ1n) is 33.9. The number of ether oxygens (including phenoxy) is 1. The predicted molar refractivity (Wildman–Crippen MR) is 333 cm³/mol. The van der Waals surface area contributed by atoms with E-state index in [0.29, 0.717) is 25.9 Å². The van der Waals surface area contributed by atoms with E-state index in [1.807, 2.05) is 0 Å². The number of carbonyl (C=O) groups excluding carboxylic acids is 2. The maximum Gasteiger partial charge on any atom is 0.305 e. The Labute approximate surface area is 474 Å². The van der Waals surface area contributed by atoms with E-state index in [2.05, 4.69) is 67.8 Å². The molecule has 6 heteroatoms. The predicted octanol–water partition coefficient (Wildman–Crippen LogP) is 21.7. The molecular formula is C70H131NO5. The first kappa shape index (κ1) is 73.8. The van der Waals surface area contributed by atoms with E-state index in [0.717, 1.165) is 57.8 Å². The highest BCUT2D eigenvalue weighted by atomic mass is 16.5. The lowest BCUT2D eigenvalue weighted by Crippen LogP contribution is -2.45. The van der Waals surface area contributed by atoms with Gasteiger partial charge in [-0.25, -0.2) is 0 Å². The first-order valence-corrected chi connectivity index (χ1v) is 33.9. The van der Waals surface area contributed by atoms with Gasteiger partial charge in [0.15, 0.2) is 0 Å². The molecule has 3 N–H and O–H groups in total. The lowest BCUT2D eigenvalue weighted by Gasteiger charge is -2.22. The molecule has 0 aliphatic heterocycles. The Balaban J connectivity index is 3.39. The van der Waals surface area contributed by atoms with Crippen molar-refractivity contribution in [3.05, 3.63) is 48.6 Å². The summed E-state index contributed by atoms with van der Waals surface area (Å²) in [6.07, 6.45) is 84.4. The Morgan fingerprint density at radius 3 is 1.05 bits per heavy atom. The highest BCUT2D eigenvalue weighted by molar-refractivity contribution is 5.76. The fraction of sp³-hybridized carbons (Fsp3) is 0.857. The van der Waals surface area contributed by atoms with E-state index >= 15 is 0 Å². The number of aliphatic hydroxyl groups is 2. The number of hydrogen-bond acceptors (Lipinski definition) is 5. The van der Waals surface area contributed by atoms with Gasteiger partial charge >= 0.3 is 5.97 Å². The third-order valence-corrected chi connectivity index (χ3v) is 15.6. The number of carbonyl (C=O) groups is 2. The third kappa shape index (κ3) is 61.0. The molecule has 0 spiro atoms. The molecule has 0 heterocycles. The minimum atomic E-state index is -0.664. The summed E-state index contributed by atoms with van der Waals surface area (Å²) < 4.78 is 5.47. The zero-order valence-corrected chi connectivity index (χ0v) is 51.0. The summed E-state index contributed by atoms with van der Waals surface area (Å²) in [4.78, 5) is 24.5. The number of unbranched alkanes of at least 4 members (excludes halogenated alkanes) is 44. The summed E-state index contributed by atoms with van der Waals surface area (Å²) in [6, 6.07) is -0.541. The molecule has 6 nitrogen and oxygen atoms in total. The summed E-state index contributed by atoms with van der Waals surface area (Å²) >= 11 is 0. The molecule has 1 amide bonds. The molecule has 0 saturated heterocycles. The van der Waals surface area contributed by atoms with Crippen LogP contribution in [0, 0.1) is 0 Å². The topological polar surface area (TPSA) is 95.9 Å². The van der Waals surface area contributed by atoms with E-state index in [1.165, 1.54) is 270 Å². The number of allylic oxidation sites excluding steroid dienone is 8. The van der Waals surface area contributed by atoms with Crippen molar-refractivity contribution in [2.45, 2.75) is 373 Å². The van der Waals surface area contributed by atoms with Crippen molar-refractivity contribution in [3.8, 4) is 0 Å². The summed E-state index contributed by atoms with van der Waals surface area (Å²) in [7, 11) is 0. The molecule has 0 aromatic rings. The normalized spacial score (nSPS) is 12.8. The molecule has 2 unspecified atom stereocenters. The zero-order valence-electron chi connectivity index (χ0n) is 51.0. The second-order valence-corrected chi connectivity index (χ2v) is 23.1. The summed E-state index contributed by atoms with van der Waals surface area (Å²) in [5, 5.41) is 23.3. The van der Waals surface area contributed by atoms with Gasteiger partial charge in [-0.1, -0.05) is 313 Å². The van der Waals surface area contributed by atoms with Gasteiger partial charge in [0.25, 0.3) is 0 Å². The van der Waals surface area contributed by atoms with Crippen LogP contribution in [0.5, 0.6) is 0 Å². The Kier molecular flexibility index (Phi) is 63.5. The molecule has 0 aromatic heterocycles. The molecule has 2 atom stereocenters. The summed E-state index contributed by atoms with van der Waals surface area (Å²) in [6.45, 7) is 4.90. The average molecular weight is 1070 g/mol. The standard InChI is InChI=1S/C70H131NO5/c1-3-5-7-9-11-13-15-17-35-39-42-46-50-54-58-62-68(73)67(66-72)71-69(74)63-59-55-51-47-43-40-36-33-31-29-27-25-23-21-19-18-20-22-24-26-28-30-32-34-37-41-45-49-53-57-61-65-76-70(75)64-60-56-52-48-44-38-16-14-12-10-8-6-4-2/h8,10,14,16,20,22,26,28,67-68,72-73H,3-7,9,11-13,15,17-19,21,23-25,27,29-66H2,1-2H3,(H,71,74)/b10-8-,16-14-,22-20-,28-26-. The number of aliphatic hydroxyl groups excluding tert-OH is 2. The molecule has 0 bridgehead atoms. The number of amides is 1. The van der Waals surface area contributed by atoms with Crippen LogP contribution in [-0.2, 0) is 14.3 Å². The maximum atomic E-state index is 12.5. The molecule has 0 rings (SSSR count). The van der Waals surface area contributed by atoms with Gasteiger partial charge in [-0.3, -0.25) is 9.59 Å². The van der Waals surface area contributed by atoms with Crippen LogP contribution in [-0.4, -0.2) is 47.4 Å². The van der Waals surface area contributed by atoms with Gasteiger partial charge in [-0.2, -0.15) is 0 Å². The van der Waals surface area contributed by atoms with Crippen molar-refractivity contribution in [2.75, 3.05) is 13.2 Å². The zero-order chi connectivity index (χ0) is 55.0. The lowest BCUT2D eigenvalue weighted by molar-refractivity contribution is -0.143. The maximum absolute atomic E-state index is 12.5. The van der Waals surface area contributed by atoms with E-state index in [4.69, 9.17) is 4.74 Å². The fourth-order valence-electron chi connectivity index (χ4n) is 10.4. The van der Waals surface area contributed by atoms with Crippen LogP contribution >= 0.6 is 0 Å². The lowest BCUT2D eigenvalue weighted by atomic mass is 10.0. The van der Waals surface area contributed by atoms with Gasteiger partial charge in [-0.05, 0) is 83.5 Å². The van der Waals surface area contributed by atoms with Crippen molar-refractivity contribution in [1.82, 2.24) is 5.32 Å². The highest BCUT2D eigenvalue weighted by Crippen LogP contribution is 2.18. The Morgan fingerprint density at radius 1 is 0.368 bits per heavy atom. The first-order chi connectivity index (χ1) is 37.5. The quantitative estimate of drug-likeness (QED) is 0.0320. The van der Waals surface area contributed by atoms with Gasteiger partial charge in [0.05, 0.1) is 25.4 Å². The van der Waals surface area contributed by atoms with Crippen molar-refractivity contribution in [1.29, 1.82) is 0 Å². The van der Waals surface area contributed by atoms with Crippen molar-refractivity contribution >= 4 is 11.9 Å². The molecular weight excluding hydrogens is 935 g/mol. The third-order valence-electron chi connectivity index (χ3n) is 15.6. The molecule has 0 aliphatic carbocycles. The molecule has 0 saturated carbocycles. The molecule has 446 valence electrons. The second-order valence-electron chi connectivity index (χ2n) is 23.1. The Morgan fingerprint density at radius 2 is 0.684 bits per heavy atom. The largest absolute Gasteiger partial charge is 0.466 e. The molecule has 0 radical (unpaired) electrons. The van der Waals surface area contributed by atoms with Crippen LogP contribution in [0.1, 0.15) is 361 Å². The van der Waals surface area contributed by atoms with E-state index in [9.17, 15) is 19.8 Å². The SMILES string of the molecule is CCC/C=C\C/C=C\CCCCCCCC(=O)OCCCCCCCCCCC/C=C\C/C=C\CCCCCCCCCCCCCCCCCC(=O)NC(CO)C(O)CCCCCCCCCCCCCCCCC. The van der Waals surface area contributed by atoms with E-state index < -0.39 is 12.1 Å². The number of hydrogen-bond donors (Lipinski definition) is 3. The smallest absolute Gasteiger partial charge is 0.305 e. The average Bonchev–Trinajstić information content (AvgIpc) is 3.42. The van der Waals surface area contributed by atoms with Crippen LogP contribution in [0.2, 0.25) is 0 Å². The fourth-order valence-corrected chi connectivity index (χ4v) is 10.4. The monoisotopic (exact) mass is 1070 g/mol. The number of rotatable bonds is 63. The van der Waals surface area contributed by atoms with Crippen molar-refractivity contribution in [2.24, 2.45) is 0 Å². The van der Waals surface area contributed by atoms with Gasteiger partial charge in [-0.15, -0.1) is 0 Å². The van der Waals surface area contributed by atoms with Crippen molar-refractivity contribution < 1.29 is 24.5 Å². The minimum Gasteiger partial charge on any atom is -0.466 e. The molecule has 0 aliphatic rings.